The largest absolute Gasteiger partial charge is 0.465 e. The van der Waals surface area contributed by atoms with E-state index in [2.05, 4.69) is 21.9 Å². The number of aryl methyl sites for hydroxylation is 2. The quantitative estimate of drug-likeness (QED) is 0.757. The average Bonchev–Trinajstić information content (AvgIpc) is 2.71. The van der Waals surface area contributed by atoms with Crippen LogP contribution in [0.25, 0.3) is 0 Å². The lowest BCUT2D eigenvalue weighted by Gasteiger charge is -2.17. The first-order chi connectivity index (χ1) is 9.52. The lowest BCUT2D eigenvalue weighted by molar-refractivity contribution is 0.159. The second-order valence-corrected chi connectivity index (χ2v) is 6.45. The number of nitrogens with zero attached hydrogens (tertiary/aromatic N) is 3. The molecule has 3 heterocycles. The van der Waals surface area contributed by atoms with Crippen molar-refractivity contribution in [1.82, 2.24) is 14.9 Å². The van der Waals surface area contributed by atoms with Crippen LogP contribution in [0.15, 0.2) is 11.4 Å². The van der Waals surface area contributed by atoms with E-state index in [4.69, 9.17) is 16.3 Å². The molecule has 0 amide bonds. The fraction of sp³-hybridized carbons (Fsp3) is 0.429. The number of pyridine rings is 1. The van der Waals surface area contributed by atoms with Gasteiger partial charge in [0.2, 0.25) is 5.88 Å². The van der Waals surface area contributed by atoms with E-state index >= 15 is 0 Å². The van der Waals surface area contributed by atoms with Gasteiger partial charge >= 0.3 is 0 Å². The highest BCUT2D eigenvalue weighted by molar-refractivity contribution is 7.09. The Morgan fingerprint density at radius 3 is 2.90 bits per heavy atom. The van der Waals surface area contributed by atoms with Crippen LogP contribution >= 0.6 is 22.9 Å². The van der Waals surface area contributed by atoms with Crippen molar-refractivity contribution in [2.45, 2.75) is 26.5 Å². The van der Waals surface area contributed by atoms with Gasteiger partial charge in [-0.2, -0.15) is 0 Å². The van der Waals surface area contributed by atoms with E-state index in [9.17, 15) is 0 Å². The van der Waals surface area contributed by atoms with Gasteiger partial charge in [-0.3, -0.25) is 4.90 Å². The molecular formula is C14H16ClN3OS. The molecule has 0 radical (unpaired) electrons. The first kappa shape index (κ1) is 13.8. The summed E-state index contributed by atoms with van der Waals surface area (Å²) in [6.07, 6.45) is -0.0923. The molecule has 4 nitrogen and oxygen atoms in total. The smallest absolute Gasteiger partial charge is 0.220 e. The molecule has 1 aliphatic heterocycles. The summed E-state index contributed by atoms with van der Waals surface area (Å²) in [7, 11) is 2.08. The zero-order valence-electron chi connectivity index (χ0n) is 11.7. The van der Waals surface area contributed by atoms with Crippen molar-refractivity contribution in [3.63, 3.8) is 0 Å². The van der Waals surface area contributed by atoms with E-state index in [1.165, 1.54) is 0 Å². The minimum Gasteiger partial charge on any atom is -0.465 e. The molecule has 0 spiro atoms. The van der Waals surface area contributed by atoms with Crippen molar-refractivity contribution in [1.29, 1.82) is 0 Å². The molecule has 2 aromatic rings. The topological polar surface area (TPSA) is 38.2 Å². The predicted molar refractivity (Wildman–Crippen MR) is 80.5 cm³/mol. The summed E-state index contributed by atoms with van der Waals surface area (Å²) in [5, 5.41) is 3.50. The van der Waals surface area contributed by atoms with Gasteiger partial charge in [-0.05, 0) is 32.5 Å². The molecule has 2 aromatic heterocycles. The van der Waals surface area contributed by atoms with E-state index in [1.54, 1.807) is 11.3 Å². The first-order valence-electron chi connectivity index (χ1n) is 6.46. The van der Waals surface area contributed by atoms with Crippen LogP contribution in [0.2, 0.25) is 5.15 Å². The van der Waals surface area contributed by atoms with Gasteiger partial charge < -0.3 is 4.74 Å². The maximum Gasteiger partial charge on any atom is 0.220 e. The molecule has 0 aromatic carbocycles. The van der Waals surface area contributed by atoms with Gasteiger partial charge in [0.15, 0.2) is 6.10 Å². The zero-order chi connectivity index (χ0) is 14.3. The maximum absolute atomic E-state index is 6.10. The number of fused-ring (bicyclic) bond motifs is 1. The van der Waals surface area contributed by atoms with Crippen LogP contribution in [0.5, 0.6) is 5.88 Å². The Morgan fingerprint density at radius 1 is 1.40 bits per heavy atom. The highest BCUT2D eigenvalue weighted by Crippen LogP contribution is 2.33. The highest BCUT2D eigenvalue weighted by atomic mass is 35.5. The standard InChI is InChI=1S/C14H16ClN3OS/c1-8-4-12(15)17-13-10(8)5-18(3)6-11(19-13)14-16-9(2)7-20-14/h4,7,11H,5-6H2,1-3H3. The van der Waals surface area contributed by atoms with E-state index in [0.717, 1.165) is 34.9 Å². The summed E-state index contributed by atoms with van der Waals surface area (Å²) in [6.45, 7) is 5.64. The molecular weight excluding hydrogens is 294 g/mol. The molecule has 0 N–H and O–H groups in total. The first-order valence-corrected chi connectivity index (χ1v) is 7.72. The van der Waals surface area contributed by atoms with Crippen LogP contribution in [0.3, 0.4) is 0 Å². The van der Waals surface area contributed by atoms with E-state index in [0.29, 0.717) is 11.0 Å². The van der Waals surface area contributed by atoms with Crippen LogP contribution < -0.4 is 4.74 Å². The molecule has 0 saturated carbocycles. The van der Waals surface area contributed by atoms with Gasteiger partial charge in [-0.15, -0.1) is 11.3 Å². The molecule has 0 aliphatic carbocycles. The molecule has 20 heavy (non-hydrogen) atoms. The van der Waals surface area contributed by atoms with Gasteiger partial charge in [0.25, 0.3) is 0 Å². The van der Waals surface area contributed by atoms with Crippen LogP contribution in [-0.4, -0.2) is 28.5 Å². The number of rotatable bonds is 1. The van der Waals surface area contributed by atoms with Crippen LogP contribution in [-0.2, 0) is 6.54 Å². The SMILES string of the molecule is Cc1csc(C2CN(C)Cc3c(C)cc(Cl)nc3O2)n1. The Kier molecular flexibility index (Phi) is 3.67. The van der Waals surface area contributed by atoms with E-state index in [-0.39, 0.29) is 6.10 Å². The van der Waals surface area contributed by atoms with Crippen molar-refractivity contribution in [2.75, 3.05) is 13.6 Å². The van der Waals surface area contributed by atoms with Crippen LogP contribution in [0, 0.1) is 13.8 Å². The van der Waals surface area contributed by atoms with Crippen molar-refractivity contribution in [3.8, 4) is 5.88 Å². The second kappa shape index (κ2) is 5.31. The summed E-state index contributed by atoms with van der Waals surface area (Å²) in [5.74, 6) is 0.636. The third kappa shape index (κ3) is 2.66. The van der Waals surface area contributed by atoms with Crippen LogP contribution in [0.4, 0.5) is 0 Å². The Bertz CT molecular complexity index is 643. The van der Waals surface area contributed by atoms with Gasteiger partial charge in [-0.25, -0.2) is 9.97 Å². The molecule has 3 rings (SSSR count). The molecule has 1 atom stereocenters. The number of hydrogen-bond donors (Lipinski definition) is 0. The number of halogens is 1. The summed E-state index contributed by atoms with van der Waals surface area (Å²) in [5.41, 5.74) is 3.24. The molecule has 0 fully saturated rings. The number of ether oxygens (including phenoxy) is 1. The Hall–Kier alpha value is -1.17. The average molecular weight is 310 g/mol. The fourth-order valence-electron chi connectivity index (χ4n) is 2.36. The molecule has 0 bridgehead atoms. The normalized spacial score (nSPS) is 19.3. The minimum atomic E-state index is -0.0923. The summed E-state index contributed by atoms with van der Waals surface area (Å²) < 4.78 is 6.10. The minimum absolute atomic E-state index is 0.0923. The fourth-order valence-corrected chi connectivity index (χ4v) is 3.41. The second-order valence-electron chi connectivity index (χ2n) is 5.18. The van der Waals surface area contributed by atoms with E-state index < -0.39 is 0 Å². The number of hydrogen-bond acceptors (Lipinski definition) is 5. The van der Waals surface area contributed by atoms with Crippen LogP contribution in [0.1, 0.15) is 27.9 Å². The van der Waals surface area contributed by atoms with Crippen molar-refractivity contribution >= 4 is 22.9 Å². The summed E-state index contributed by atoms with van der Waals surface area (Å²) >= 11 is 7.68. The van der Waals surface area contributed by atoms with E-state index in [1.807, 2.05) is 25.3 Å². The molecule has 106 valence electrons. The molecule has 0 saturated heterocycles. The maximum atomic E-state index is 6.10. The third-order valence-corrected chi connectivity index (χ3v) is 4.60. The molecule has 1 unspecified atom stereocenters. The molecule has 6 heteroatoms. The van der Waals surface area contributed by atoms with Gasteiger partial charge in [-0.1, -0.05) is 11.6 Å². The summed E-state index contributed by atoms with van der Waals surface area (Å²) in [6, 6.07) is 1.88. The van der Waals surface area contributed by atoms with Crippen molar-refractivity contribution in [2.24, 2.45) is 0 Å². The zero-order valence-corrected chi connectivity index (χ0v) is 13.3. The summed E-state index contributed by atoms with van der Waals surface area (Å²) in [4.78, 5) is 11.1. The van der Waals surface area contributed by atoms with Crippen molar-refractivity contribution < 1.29 is 4.74 Å². The Balaban J connectivity index is 2.01. The van der Waals surface area contributed by atoms with Gasteiger partial charge in [0.05, 0.1) is 0 Å². The monoisotopic (exact) mass is 309 g/mol. The third-order valence-electron chi connectivity index (χ3n) is 3.35. The number of thiazole rings is 1. The van der Waals surface area contributed by atoms with Gasteiger partial charge in [0.1, 0.15) is 10.2 Å². The molecule has 1 aliphatic rings. The van der Waals surface area contributed by atoms with Crippen molar-refractivity contribution in [3.05, 3.63) is 38.4 Å². The lowest BCUT2D eigenvalue weighted by atomic mass is 10.1. The Morgan fingerprint density at radius 2 is 2.20 bits per heavy atom. The predicted octanol–water partition coefficient (Wildman–Crippen LogP) is 3.37. The lowest BCUT2D eigenvalue weighted by Crippen LogP contribution is -2.24. The Labute approximate surface area is 127 Å². The highest BCUT2D eigenvalue weighted by Gasteiger charge is 2.26. The number of likely N-dealkylation sites (N-methyl/N-ethyl adjacent to an activating group) is 1. The number of aromatic nitrogens is 2. The van der Waals surface area contributed by atoms with Gasteiger partial charge in [0, 0.05) is 29.7 Å².